The number of carbonyl (C=O) groups is 1. The van der Waals surface area contributed by atoms with Crippen LogP contribution in [0.25, 0.3) is 0 Å². The molecule has 0 aliphatic heterocycles. The summed E-state index contributed by atoms with van der Waals surface area (Å²) >= 11 is 6.15. The van der Waals surface area contributed by atoms with Gasteiger partial charge in [-0.2, -0.15) is 0 Å². The Morgan fingerprint density at radius 2 is 1.80 bits per heavy atom. The molecule has 1 amide bonds. The minimum absolute atomic E-state index is 0. The van der Waals surface area contributed by atoms with Gasteiger partial charge in [-0.3, -0.25) is 9.79 Å². The highest BCUT2D eigenvalue weighted by Crippen LogP contribution is 2.14. The lowest BCUT2D eigenvalue weighted by Gasteiger charge is -2.13. The molecular formula is C18H22ClIN4O. The van der Waals surface area contributed by atoms with Crippen molar-refractivity contribution >= 4 is 53.1 Å². The third-order valence-corrected chi connectivity index (χ3v) is 3.70. The van der Waals surface area contributed by atoms with E-state index in [1.165, 1.54) is 6.92 Å². The summed E-state index contributed by atoms with van der Waals surface area (Å²) in [6.07, 6.45) is 0. The Kier molecular flexibility index (Phi) is 9.30. The normalized spacial score (nSPS) is 10.6. The van der Waals surface area contributed by atoms with E-state index >= 15 is 0 Å². The minimum atomic E-state index is -0.0858. The first-order chi connectivity index (χ1) is 11.6. The van der Waals surface area contributed by atoms with E-state index in [0.717, 1.165) is 21.8 Å². The standard InChI is InChI=1S/C18H21ClN4O.HI/c1-13(24)23-16-8-5-6-14(10-16)11-21-18(20-2)22-12-15-7-3-4-9-17(15)19;/h3-10H,11-12H2,1-2H3,(H,23,24)(H2,20,21,22);1H. The van der Waals surface area contributed by atoms with Crippen LogP contribution in [-0.2, 0) is 17.9 Å². The molecule has 0 heterocycles. The summed E-state index contributed by atoms with van der Waals surface area (Å²) in [7, 11) is 1.72. The minimum Gasteiger partial charge on any atom is -0.352 e. The molecule has 0 saturated heterocycles. The van der Waals surface area contributed by atoms with E-state index in [4.69, 9.17) is 11.6 Å². The smallest absolute Gasteiger partial charge is 0.221 e. The molecule has 0 radical (unpaired) electrons. The summed E-state index contributed by atoms with van der Waals surface area (Å²) in [5.74, 6) is 0.595. The number of hydrogen-bond acceptors (Lipinski definition) is 2. The van der Waals surface area contributed by atoms with Crippen molar-refractivity contribution < 1.29 is 4.79 Å². The lowest BCUT2D eigenvalue weighted by molar-refractivity contribution is -0.114. The zero-order chi connectivity index (χ0) is 17.4. The summed E-state index contributed by atoms with van der Waals surface area (Å²) in [5.41, 5.74) is 2.83. The number of carbonyl (C=O) groups excluding carboxylic acids is 1. The monoisotopic (exact) mass is 472 g/mol. The molecule has 2 aromatic carbocycles. The van der Waals surface area contributed by atoms with Gasteiger partial charge in [-0.1, -0.05) is 41.9 Å². The van der Waals surface area contributed by atoms with E-state index in [9.17, 15) is 4.79 Å². The fourth-order valence-electron chi connectivity index (χ4n) is 2.19. The number of aliphatic imine (C=N–C) groups is 1. The zero-order valence-electron chi connectivity index (χ0n) is 14.2. The molecular weight excluding hydrogens is 451 g/mol. The van der Waals surface area contributed by atoms with Crippen molar-refractivity contribution in [3.63, 3.8) is 0 Å². The number of nitrogens with zero attached hydrogens (tertiary/aromatic N) is 1. The first-order valence-corrected chi connectivity index (χ1v) is 8.00. The van der Waals surface area contributed by atoms with Crippen molar-refractivity contribution in [3.05, 3.63) is 64.7 Å². The third-order valence-electron chi connectivity index (χ3n) is 3.34. The number of guanidine groups is 1. The van der Waals surface area contributed by atoms with Gasteiger partial charge in [0, 0.05) is 37.8 Å². The van der Waals surface area contributed by atoms with Crippen LogP contribution >= 0.6 is 35.6 Å². The molecule has 0 spiro atoms. The summed E-state index contributed by atoms with van der Waals surface area (Å²) in [6, 6.07) is 15.4. The van der Waals surface area contributed by atoms with E-state index in [1.54, 1.807) is 7.05 Å². The van der Waals surface area contributed by atoms with Gasteiger partial charge in [0.1, 0.15) is 0 Å². The lowest BCUT2D eigenvalue weighted by atomic mass is 10.2. The maximum absolute atomic E-state index is 11.1. The molecule has 0 saturated carbocycles. The second kappa shape index (κ2) is 10.9. The summed E-state index contributed by atoms with van der Waals surface area (Å²) in [4.78, 5) is 15.3. The largest absolute Gasteiger partial charge is 0.352 e. The molecule has 0 atom stereocenters. The van der Waals surface area contributed by atoms with Crippen LogP contribution in [0.2, 0.25) is 5.02 Å². The van der Waals surface area contributed by atoms with Gasteiger partial charge >= 0.3 is 0 Å². The van der Waals surface area contributed by atoms with E-state index in [-0.39, 0.29) is 29.9 Å². The van der Waals surface area contributed by atoms with Crippen molar-refractivity contribution in [2.45, 2.75) is 20.0 Å². The molecule has 25 heavy (non-hydrogen) atoms. The molecule has 3 N–H and O–H groups in total. The SMILES string of the molecule is CN=C(NCc1cccc(NC(C)=O)c1)NCc1ccccc1Cl.I. The molecule has 0 unspecified atom stereocenters. The van der Waals surface area contributed by atoms with Crippen molar-refractivity contribution in [1.29, 1.82) is 0 Å². The molecule has 0 bridgehead atoms. The Morgan fingerprint density at radius 1 is 1.08 bits per heavy atom. The van der Waals surface area contributed by atoms with Gasteiger partial charge in [0.15, 0.2) is 5.96 Å². The van der Waals surface area contributed by atoms with Gasteiger partial charge in [-0.05, 0) is 29.3 Å². The number of rotatable bonds is 5. The van der Waals surface area contributed by atoms with Crippen molar-refractivity contribution in [2.24, 2.45) is 4.99 Å². The van der Waals surface area contributed by atoms with E-state index in [1.807, 2.05) is 48.5 Å². The Hall–Kier alpha value is -1.80. The fourth-order valence-corrected chi connectivity index (χ4v) is 2.39. The van der Waals surface area contributed by atoms with Crippen LogP contribution in [0.3, 0.4) is 0 Å². The molecule has 0 aliphatic rings. The Labute approximate surface area is 170 Å². The average Bonchev–Trinajstić information content (AvgIpc) is 2.56. The highest BCUT2D eigenvalue weighted by Gasteiger charge is 2.03. The van der Waals surface area contributed by atoms with Crippen LogP contribution in [0.4, 0.5) is 5.69 Å². The second-order valence-electron chi connectivity index (χ2n) is 5.25. The summed E-state index contributed by atoms with van der Waals surface area (Å²) in [6.45, 7) is 2.67. The topological polar surface area (TPSA) is 65.5 Å². The fraction of sp³-hybridized carbons (Fsp3) is 0.222. The molecule has 0 aliphatic carbocycles. The first-order valence-electron chi connectivity index (χ1n) is 7.63. The van der Waals surface area contributed by atoms with Crippen LogP contribution in [0.15, 0.2) is 53.5 Å². The van der Waals surface area contributed by atoms with Crippen molar-refractivity contribution in [2.75, 3.05) is 12.4 Å². The molecule has 2 rings (SSSR count). The van der Waals surface area contributed by atoms with Crippen molar-refractivity contribution in [1.82, 2.24) is 10.6 Å². The van der Waals surface area contributed by atoms with Gasteiger partial charge in [-0.25, -0.2) is 0 Å². The maximum atomic E-state index is 11.1. The van der Waals surface area contributed by atoms with E-state index < -0.39 is 0 Å². The molecule has 134 valence electrons. The Balaban J connectivity index is 0.00000312. The summed E-state index contributed by atoms with van der Waals surface area (Å²) < 4.78 is 0. The third kappa shape index (κ3) is 7.31. The van der Waals surface area contributed by atoms with Crippen LogP contribution in [0, 0.1) is 0 Å². The van der Waals surface area contributed by atoms with E-state index in [0.29, 0.717) is 19.0 Å². The van der Waals surface area contributed by atoms with Gasteiger partial charge in [0.25, 0.3) is 0 Å². The first kappa shape index (κ1) is 21.2. The van der Waals surface area contributed by atoms with Crippen LogP contribution in [0.5, 0.6) is 0 Å². The number of nitrogens with one attached hydrogen (secondary N) is 3. The second-order valence-corrected chi connectivity index (χ2v) is 5.66. The number of amides is 1. The van der Waals surface area contributed by atoms with Gasteiger partial charge in [0.05, 0.1) is 0 Å². The maximum Gasteiger partial charge on any atom is 0.221 e. The number of anilines is 1. The molecule has 0 aromatic heterocycles. The van der Waals surface area contributed by atoms with Crippen LogP contribution in [0.1, 0.15) is 18.1 Å². The summed E-state index contributed by atoms with van der Waals surface area (Å²) in [5, 5.41) is 9.97. The van der Waals surface area contributed by atoms with Gasteiger partial charge < -0.3 is 16.0 Å². The lowest BCUT2D eigenvalue weighted by Crippen LogP contribution is -2.36. The quantitative estimate of drug-likeness (QED) is 0.352. The molecule has 5 nitrogen and oxygen atoms in total. The average molecular weight is 473 g/mol. The zero-order valence-corrected chi connectivity index (χ0v) is 17.3. The van der Waals surface area contributed by atoms with E-state index in [2.05, 4.69) is 20.9 Å². The Morgan fingerprint density at radius 3 is 2.48 bits per heavy atom. The van der Waals surface area contributed by atoms with Crippen LogP contribution in [-0.4, -0.2) is 18.9 Å². The molecule has 2 aromatic rings. The predicted molar refractivity (Wildman–Crippen MR) is 115 cm³/mol. The number of benzene rings is 2. The highest BCUT2D eigenvalue weighted by molar-refractivity contribution is 14.0. The van der Waals surface area contributed by atoms with Gasteiger partial charge in [0.2, 0.25) is 5.91 Å². The predicted octanol–water partition coefficient (Wildman–Crippen LogP) is 3.78. The number of hydrogen-bond donors (Lipinski definition) is 3. The molecule has 0 fully saturated rings. The van der Waals surface area contributed by atoms with Crippen LogP contribution < -0.4 is 16.0 Å². The van der Waals surface area contributed by atoms with Gasteiger partial charge in [-0.15, -0.1) is 24.0 Å². The molecule has 7 heteroatoms. The van der Waals surface area contributed by atoms with Crippen molar-refractivity contribution in [3.8, 4) is 0 Å². The Bertz CT molecular complexity index is 737. The highest BCUT2D eigenvalue weighted by atomic mass is 127. The number of halogens is 2.